The van der Waals surface area contributed by atoms with Gasteiger partial charge in [0.15, 0.2) is 11.6 Å². The summed E-state index contributed by atoms with van der Waals surface area (Å²) in [7, 11) is 0. The maximum absolute atomic E-state index is 12.6. The molecule has 0 aliphatic rings. The Bertz CT molecular complexity index is 825. The lowest BCUT2D eigenvalue weighted by Crippen LogP contribution is -2.03. The van der Waals surface area contributed by atoms with Crippen molar-refractivity contribution in [3.8, 4) is 0 Å². The molecule has 0 radical (unpaired) electrons. The molecule has 0 spiro atoms. The van der Waals surface area contributed by atoms with E-state index >= 15 is 0 Å². The third-order valence-corrected chi connectivity index (χ3v) is 4.35. The highest BCUT2D eigenvalue weighted by Gasteiger charge is 2.15. The van der Waals surface area contributed by atoms with Crippen LogP contribution in [0.1, 0.15) is 29.8 Å². The van der Waals surface area contributed by atoms with Crippen LogP contribution in [-0.4, -0.2) is 20.4 Å². The highest BCUT2D eigenvalue weighted by Crippen LogP contribution is 2.29. The predicted molar refractivity (Wildman–Crippen MR) is 90.5 cm³/mol. The van der Waals surface area contributed by atoms with Crippen molar-refractivity contribution in [1.29, 1.82) is 0 Å². The first-order valence-electron chi connectivity index (χ1n) is 7.10. The van der Waals surface area contributed by atoms with Crippen molar-refractivity contribution >= 4 is 29.0 Å². The molecule has 1 aromatic carbocycles. The zero-order valence-electron chi connectivity index (χ0n) is 12.5. The first-order chi connectivity index (χ1) is 10.6. The van der Waals surface area contributed by atoms with Gasteiger partial charge in [-0.05, 0) is 12.1 Å². The molecule has 0 amide bonds. The molecule has 2 heterocycles. The van der Waals surface area contributed by atoms with Crippen LogP contribution in [0.3, 0.4) is 0 Å². The second kappa shape index (κ2) is 5.85. The van der Waals surface area contributed by atoms with Gasteiger partial charge < -0.3 is 5.73 Å². The van der Waals surface area contributed by atoms with Gasteiger partial charge in [0.2, 0.25) is 0 Å². The van der Waals surface area contributed by atoms with Crippen LogP contribution < -0.4 is 5.73 Å². The van der Waals surface area contributed by atoms with Crippen LogP contribution >= 0.6 is 11.8 Å². The molecule has 0 atom stereocenters. The lowest BCUT2D eigenvalue weighted by atomic mass is 10.1. The number of anilines is 1. The van der Waals surface area contributed by atoms with Crippen LogP contribution in [-0.2, 0) is 0 Å². The molecule has 112 valence electrons. The lowest BCUT2D eigenvalue weighted by molar-refractivity contribution is 0.103. The Hall–Kier alpha value is -2.27. The molecule has 0 aliphatic carbocycles. The highest BCUT2D eigenvalue weighted by atomic mass is 32.2. The van der Waals surface area contributed by atoms with Gasteiger partial charge >= 0.3 is 0 Å². The molecule has 22 heavy (non-hydrogen) atoms. The van der Waals surface area contributed by atoms with E-state index in [0.29, 0.717) is 22.2 Å². The zero-order chi connectivity index (χ0) is 15.7. The molecular weight excluding hydrogens is 294 g/mol. The number of nitrogens with two attached hydrogens (primary N) is 1. The average molecular weight is 311 g/mol. The monoisotopic (exact) mass is 311 g/mol. The summed E-state index contributed by atoms with van der Waals surface area (Å²) in [5.41, 5.74) is 8.06. The van der Waals surface area contributed by atoms with Crippen LogP contribution in [0, 0.1) is 0 Å². The van der Waals surface area contributed by atoms with Crippen LogP contribution in [0.15, 0.2) is 53.7 Å². The maximum Gasteiger partial charge on any atom is 0.194 e. The van der Waals surface area contributed by atoms with Crippen molar-refractivity contribution in [1.82, 2.24) is 9.38 Å². The van der Waals surface area contributed by atoms with Gasteiger partial charge in [-0.2, -0.15) is 0 Å². The summed E-state index contributed by atoms with van der Waals surface area (Å²) in [4.78, 5) is 16.9. The second-order valence-electron chi connectivity index (χ2n) is 5.31. The number of carbonyl (C=O) groups excluding carboxylic acids is 1. The standard InChI is InChI=1S/C17H17N3OS/c1-11(2)22-17-16(18)19-14-9-8-13(10-20(14)17)15(21)12-6-4-3-5-7-12/h3-11H,18H2,1-2H3. The first kappa shape index (κ1) is 14.7. The van der Waals surface area contributed by atoms with Gasteiger partial charge in [0.05, 0.1) is 0 Å². The van der Waals surface area contributed by atoms with Gasteiger partial charge in [0, 0.05) is 22.6 Å². The molecule has 0 aliphatic heterocycles. The number of nitrogen functional groups attached to an aromatic ring is 1. The van der Waals surface area contributed by atoms with Crippen molar-refractivity contribution in [2.45, 2.75) is 24.1 Å². The minimum absolute atomic E-state index is 0.00438. The number of thioether (sulfide) groups is 1. The molecule has 0 saturated carbocycles. The summed E-state index contributed by atoms with van der Waals surface area (Å²) in [6, 6.07) is 12.9. The fourth-order valence-electron chi connectivity index (χ4n) is 2.27. The third kappa shape index (κ3) is 2.72. The smallest absolute Gasteiger partial charge is 0.194 e. The van der Waals surface area contributed by atoms with E-state index in [1.165, 1.54) is 0 Å². The number of pyridine rings is 1. The summed E-state index contributed by atoms with van der Waals surface area (Å²) in [6.07, 6.45) is 1.82. The predicted octanol–water partition coefficient (Wildman–Crippen LogP) is 3.65. The number of carbonyl (C=O) groups is 1. The Labute approximate surface area is 133 Å². The molecular formula is C17H17N3OS. The second-order valence-corrected chi connectivity index (χ2v) is 6.88. The SMILES string of the molecule is CC(C)Sc1c(N)nc2ccc(C(=O)c3ccccc3)cn12. The number of rotatable bonds is 4. The van der Waals surface area contributed by atoms with Crippen molar-refractivity contribution in [3.05, 3.63) is 59.8 Å². The van der Waals surface area contributed by atoms with E-state index in [1.807, 2.05) is 47.0 Å². The van der Waals surface area contributed by atoms with Crippen LogP contribution in [0.25, 0.3) is 5.65 Å². The Kier molecular flexibility index (Phi) is 3.90. The summed E-state index contributed by atoms with van der Waals surface area (Å²) in [6.45, 7) is 4.20. The van der Waals surface area contributed by atoms with Crippen molar-refractivity contribution in [2.75, 3.05) is 5.73 Å². The van der Waals surface area contributed by atoms with Gasteiger partial charge in [-0.1, -0.05) is 44.2 Å². The summed E-state index contributed by atoms with van der Waals surface area (Å²) < 4.78 is 1.90. The summed E-state index contributed by atoms with van der Waals surface area (Å²) >= 11 is 1.64. The van der Waals surface area contributed by atoms with Gasteiger partial charge in [-0.3, -0.25) is 9.20 Å². The van der Waals surface area contributed by atoms with Gasteiger partial charge in [0.1, 0.15) is 10.7 Å². The number of imidazole rings is 1. The largest absolute Gasteiger partial charge is 0.381 e. The van der Waals surface area contributed by atoms with Crippen LogP contribution in [0.4, 0.5) is 5.82 Å². The Morgan fingerprint density at radius 2 is 1.86 bits per heavy atom. The molecule has 3 rings (SSSR count). The molecule has 2 aromatic heterocycles. The molecule has 0 fully saturated rings. The number of ketones is 1. The van der Waals surface area contributed by atoms with Crippen LogP contribution in [0.5, 0.6) is 0 Å². The minimum atomic E-state index is -0.00438. The topological polar surface area (TPSA) is 60.4 Å². The number of nitrogens with zero attached hydrogens (tertiary/aromatic N) is 2. The van der Waals surface area contributed by atoms with Gasteiger partial charge in [-0.15, -0.1) is 11.8 Å². The molecule has 2 N–H and O–H groups in total. The number of hydrogen-bond acceptors (Lipinski definition) is 4. The third-order valence-electron chi connectivity index (χ3n) is 3.25. The molecule has 5 heteroatoms. The fraction of sp³-hybridized carbons (Fsp3) is 0.176. The van der Waals surface area contributed by atoms with Crippen molar-refractivity contribution in [3.63, 3.8) is 0 Å². The lowest BCUT2D eigenvalue weighted by Gasteiger charge is -2.07. The van der Waals surface area contributed by atoms with Crippen molar-refractivity contribution in [2.24, 2.45) is 0 Å². The van der Waals surface area contributed by atoms with Gasteiger partial charge in [0.25, 0.3) is 0 Å². The first-order valence-corrected chi connectivity index (χ1v) is 7.98. The van der Waals surface area contributed by atoms with E-state index in [1.54, 1.807) is 17.8 Å². The Morgan fingerprint density at radius 3 is 2.55 bits per heavy atom. The number of aromatic nitrogens is 2. The van der Waals surface area contributed by atoms with Crippen LogP contribution in [0.2, 0.25) is 0 Å². The number of benzene rings is 1. The number of hydrogen-bond donors (Lipinski definition) is 1. The summed E-state index contributed by atoms with van der Waals surface area (Å²) in [5.74, 6) is 0.498. The molecule has 4 nitrogen and oxygen atoms in total. The fourth-order valence-corrected chi connectivity index (χ4v) is 3.14. The van der Waals surface area contributed by atoms with Gasteiger partial charge in [-0.25, -0.2) is 4.98 Å². The molecule has 3 aromatic rings. The normalized spacial score (nSPS) is 11.2. The van der Waals surface area contributed by atoms with E-state index in [9.17, 15) is 4.79 Å². The van der Waals surface area contributed by atoms with E-state index < -0.39 is 0 Å². The van der Waals surface area contributed by atoms with E-state index in [0.717, 1.165) is 10.7 Å². The molecule has 0 saturated heterocycles. The zero-order valence-corrected chi connectivity index (χ0v) is 13.3. The van der Waals surface area contributed by atoms with Crippen molar-refractivity contribution < 1.29 is 4.79 Å². The number of fused-ring (bicyclic) bond motifs is 1. The summed E-state index contributed by atoms with van der Waals surface area (Å²) in [5, 5.41) is 1.27. The van der Waals surface area contributed by atoms with E-state index in [-0.39, 0.29) is 5.78 Å². The maximum atomic E-state index is 12.6. The average Bonchev–Trinajstić information content (AvgIpc) is 2.82. The van der Waals surface area contributed by atoms with E-state index in [4.69, 9.17) is 5.73 Å². The Morgan fingerprint density at radius 1 is 1.14 bits per heavy atom. The minimum Gasteiger partial charge on any atom is -0.381 e. The Balaban J connectivity index is 2.07. The molecule has 0 unspecified atom stereocenters. The quantitative estimate of drug-likeness (QED) is 0.590. The molecule has 0 bridgehead atoms. The highest BCUT2D eigenvalue weighted by molar-refractivity contribution is 8.00. The van der Waals surface area contributed by atoms with E-state index in [2.05, 4.69) is 18.8 Å².